The van der Waals surface area contributed by atoms with Gasteiger partial charge in [0.25, 0.3) is 0 Å². The summed E-state index contributed by atoms with van der Waals surface area (Å²) in [5.74, 6) is -2.18. The third-order valence-electron chi connectivity index (χ3n) is 9.12. The lowest BCUT2D eigenvalue weighted by Crippen LogP contribution is -2.57. The van der Waals surface area contributed by atoms with Gasteiger partial charge in [-0.1, -0.05) is 0 Å². The number of esters is 1. The fourth-order valence-corrected chi connectivity index (χ4v) is 7.05. The number of methoxy groups -OCH3 is 3. The number of likely N-dealkylation sites (N-methyl/N-ethyl adjacent to an activating group) is 1. The maximum Gasteiger partial charge on any atom is 0.328 e. The van der Waals surface area contributed by atoms with Crippen LogP contribution in [0.3, 0.4) is 0 Å². The Morgan fingerprint density at radius 1 is 0.976 bits per heavy atom. The van der Waals surface area contributed by atoms with E-state index in [1.54, 1.807) is 21.3 Å². The summed E-state index contributed by atoms with van der Waals surface area (Å²) in [5, 5.41) is 7.96. The lowest BCUT2D eigenvalue weighted by atomic mass is 9.64. The van der Waals surface area contributed by atoms with Crippen LogP contribution in [0, 0.1) is 23.7 Å². The number of amides is 4. The molecule has 0 spiro atoms. The Hall–Kier alpha value is -2.77. The molecule has 3 rings (SSSR count). The Balaban J connectivity index is 1.94. The summed E-state index contributed by atoms with van der Waals surface area (Å²) in [6.45, 7) is -0.463. The quantitative estimate of drug-likeness (QED) is 0.270. The van der Waals surface area contributed by atoms with E-state index in [4.69, 9.17) is 19.9 Å². The molecule has 1 aliphatic heterocycles. The summed E-state index contributed by atoms with van der Waals surface area (Å²) in [7, 11) is 6.24. The second-order valence-electron chi connectivity index (χ2n) is 11.5. The number of carbonyl (C=O) groups excluding carboxylic acids is 5. The fourth-order valence-electron chi connectivity index (χ4n) is 7.05. The highest BCUT2D eigenvalue weighted by Crippen LogP contribution is 2.46. The molecule has 5 N–H and O–H groups in total. The predicted octanol–water partition coefficient (Wildman–Crippen LogP) is -0.681. The van der Waals surface area contributed by atoms with E-state index >= 15 is 0 Å². The number of hydrogen-bond donors (Lipinski definition) is 4. The van der Waals surface area contributed by atoms with Crippen molar-refractivity contribution in [1.29, 1.82) is 0 Å². The molecule has 232 valence electrons. The zero-order valence-electron chi connectivity index (χ0n) is 24.7. The van der Waals surface area contributed by atoms with Gasteiger partial charge in [-0.2, -0.15) is 0 Å². The zero-order chi connectivity index (χ0) is 30.1. The van der Waals surface area contributed by atoms with Crippen molar-refractivity contribution in [2.75, 3.05) is 48.0 Å². The monoisotopic (exact) mass is 581 g/mol. The third kappa shape index (κ3) is 8.39. The van der Waals surface area contributed by atoms with Gasteiger partial charge < -0.3 is 40.8 Å². The van der Waals surface area contributed by atoms with Crippen LogP contribution in [-0.4, -0.2) is 107 Å². The number of nitrogens with zero attached hydrogens (tertiary/aromatic N) is 1. The molecular formula is C28H47N5O8. The van der Waals surface area contributed by atoms with Crippen molar-refractivity contribution >= 4 is 29.6 Å². The molecule has 13 nitrogen and oxygen atoms in total. The van der Waals surface area contributed by atoms with Crippen LogP contribution in [0.15, 0.2) is 0 Å². The van der Waals surface area contributed by atoms with E-state index in [0.29, 0.717) is 25.7 Å². The van der Waals surface area contributed by atoms with Crippen molar-refractivity contribution in [3.05, 3.63) is 0 Å². The molecule has 0 radical (unpaired) electrons. The standard InChI is InChI=1S/C28H47N5O8/c1-33(25(36)15-30-23(34)9-10-29)26-17-6-8-22(40-3)19(13-17)18-11-16(5-7-21(18)39-2)12-20(28(38)41-4)32-24(35)14-31-27(26)37/h16-22,26H,5-15,29H2,1-4H3,(H,30,34)(H,31,37)(H,32,35)/t16?,17?,18-,19+,20-,21?,22?,26?/m0/s1. The van der Waals surface area contributed by atoms with Gasteiger partial charge in [0.1, 0.15) is 12.1 Å². The summed E-state index contributed by atoms with van der Waals surface area (Å²) in [6, 6.07) is -1.71. The molecule has 2 aliphatic carbocycles. The minimum atomic E-state index is -0.873. The maximum atomic E-state index is 13.6. The number of nitrogens with one attached hydrogen (secondary N) is 3. The molecule has 0 aromatic rings. The van der Waals surface area contributed by atoms with Gasteiger partial charge in [-0.3, -0.25) is 19.2 Å². The summed E-state index contributed by atoms with van der Waals surface area (Å²) in [6.07, 6.45) is 4.86. The van der Waals surface area contributed by atoms with Gasteiger partial charge in [0.2, 0.25) is 23.6 Å². The molecule has 5 unspecified atom stereocenters. The van der Waals surface area contributed by atoms with Crippen molar-refractivity contribution in [2.24, 2.45) is 29.4 Å². The largest absolute Gasteiger partial charge is 0.467 e. The van der Waals surface area contributed by atoms with Crippen LogP contribution in [-0.2, 0) is 38.2 Å². The number of fused-ring (bicyclic) bond motifs is 5. The van der Waals surface area contributed by atoms with Gasteiger partial charge in [-0.25, -0.2) is 4.79 Å². The second-order valence-corrected chi connectivity index (χ2v) is 11.5. The van der Waals surface area contributed by atoms with Crippen molar-refractivity contribution in [1.82, 2.24) is 20.9 Å². The first-order valence-electron chi connectivity index (χ1n) is 14.6. The van der Waals surface area contributed by atoms with Crippen LogP contribution >= 0.6 is 0 Å². The molecule has 41 heavy (non-hydrogen) atoms. The van der Waals surface area contributed by atoms with Crippen molar-refractivity contribution < 1.29 is 38.2 Å². The van der Waals surface area contributed by atoms with Gasteiger partial charge in [-0.05, 0) is 68.6 Å². The zero-order valence-corrected chi connectivity index (χ0v) is 24.7. The van der Waals surface area contributed by atoms with E-state index < -0.39 is 35.8 Å². The molecule has 0 aromatic heterocycles. The Bertz CT molecular complexity index is 948. The van der Waals surface area contributed by atoms with Gasteiger partial charge >= 0.3 is 5.97 Å². The molecule has 2 saturated carbocycles. The summed E-state index contributed by atoms with van der Waals surface area (Å²) in [5.41, 5.74) is 5.43. The van der Waals surface area contributed by atoms with Crippen molar-refractivity contribution in [3.63, 3.8) is 0 Å². The van der Waals surface area contributed by atoms with E-state index in [2.05, 4.69) is 16.0 Å². The van der Waals surface area contributed by atoms with Crippen LogP contribution in [0.5, 0.6) is 0 Å². The minimum Gasteiger partial charge on any atom is -0.467 e. The fraction of sp³-hybridized carbons (Fsp3) is 0.821. The third-order valence-corrected chi connectivity index (χ3v) is 9.12. The number of rotatable bonds is 8. The van der Waals surface area contributed by atoms with Crippen LogP contribution in [0.25, 0.3) is 0 Å². The highest BCUT2D eigenvalue weighted by Gasteiger charge is 2.47. The smallest absolute Gasteiger partial charge is 0.328 e. The number of nitrogens with two attached hydrogens (primary N) is 1. The van der Waals surface area contributed by atoms with E-state index in [0.717, 1.165) is 19.3 Å². The summed E-state index contributed by atoms with van der Waals surface area (Å²) in [4.78, 5) is 65.5. The van der Waals surface area contributed by atoms with Gasteiger partial charge in [-0.15, -0.1) is 0 Å². The summed E-state index contributed by atoms with van der Waals surface area (Å²) >= 11 is 0. The topological polar surface area (TPSA) is 178 Å². The van der Waals surface area contributed by atoms with E-state index in [-0.39, 0.29) is 67.8 Å². The second kappa shape index (κ2) is 15.5. The molecule has 13 heteroatoms. The van der Waals surface area contributed by atoms with E-state index in [9.17, 15) is 24.0 Å². The van der Waals surface area contributed by atoms with Crippen LogP contribution in [0.4, 0.5) is 0 Å². The molecule has 8 atom stereocenters. The van der Waals surface area contributed by atoms with Crippen LogP contribution in [0.1, 0.15) is 51.4 Å². The molecule has 4 amide bonds. The SMILES string of the molecule is COC(=O)[C@@H]1CC2CCC(OC)[C@@H](C2)[C@H]2CC(CCC2OC)C(N(C)C(=O)CNC(=O)CCN)C(=O)NCC(=O)N1. The number of carbonyl (C=O) groups is 5. The van der Waals surface area contributed by atoms with E-state index in [1.807, 2.05) is 0 Å². The van der Waals surface area contributed by atoms with Crippen LogP contribution in [0.2, 0.25) is 0 Å². The molecule has 4 bridgehead atoms. The molecule has 3 fully saturated rings. The number of hydrogen-bond acceptors (Lipinski definition) is 9. The lowest BCUT2D eigenvalue weighted by Gasteiger charge is -2.48. The highest BCUT2D eigenvalue weighted by molar-refractivity contribution is 5.93. The molecule has 1 heterocycles. The first kappa shape index (κ1) is 32.7. The predicted molar refractivity (Wildman–Crippen MR) is 148 cm³/mol. The lowest BCUT2D eigenvalue weighted by molar-refractivity contribution is -0.147. The van der Waals surface area contributed by atoms with Gasteiger partial charge in [0, 0.05) is 34.2 Å². The average molecular weight is 582 g/mol. The van der Waals surface area contributed by atoms with Crippen molar-refractivity contribution in [2.45, 2.75) is 75.7 Å². The van der Waals surface area contributed by atoms with Gasteiger partial charge in [0.05, 0.1) is 32.4 Å². The first-order chi connectivity index (χ1) is 19.6. The van der Waals surface area contributed by atoms with Crippen molar-refractivity contribution in [3.8, 4) is 0 Å². The Morgan fingerprint density at radius 3 is 2.27 bits per heavy atom. The van der Waals surface area contributed by atoms with Crippen LogP contribution < -0.4 is 21.7 Å². The molecule has 1 saturated heterocycles. The summed E-state index contributed by atoms with van der Waals surface area (Å²) < 4.78 is 16.9. The minimum absolute atomic E-state index is 0.0175. The molecule has 3 aliphatic rings. The Labute approximate surface area is 241 Å². The van der Waals surface area contributed by atoms with E-state index in [1.165, 1.54) is 12.0 Å². The maximum absolute atomic E-state index is 13.6. The Morgan fingerprint density at radius 2 is 1.63 bits per heavy atom. The Kier molecular flexibility index (Phi) is 12.3. The first-order valence-corrected chi connectivity index (χ1v) is 14.6. The molecule has 0 aromatic carbocycles. The average Bonchev–Trinajstić information content (AvgIpc) is 2.97. The highest BCUT2D eigenvalue weighted by atomic mass is 16.5. The normalized spacial score (nSPS) is 32.5. The van der Waals surface area contributed by atoms with Gasteiger partial charge in [0.15, 0.2) is 0 Å². The number of ether oxygens (including phenoxy) is 3. The molecular weight excluding hydrogens is 534 g/mol.